The third-order valence-corrected chi connectivity index (χ3v) is 10.1. The summed E-state index contributed by atoms with van der Waals surface area (Å²) < 4.78 is 6.58. The Balaban J connectivity index is 1.20. The summed E-state index contributed by atoms with van der Waals surface area (Å²) in [4.78, 5) is 15.0. The molecule has 0 amide bonds. The minimum absolute atomic E-state index is 0.661. The SMILES string of the molecule is c1ccc(-c2cccc(-c3cc(-c4cc(-c5cccc(-c6ccccn6)c5)nc(-c5ccccc5)n4)cc(-c4cccc5c4oc4ccccc45)c3)c2)cc1. The fraction of sp³-hybridized carbons (Fsp3) is 0. The molecule has 0 spiro atoms. The maximum atomic E-state index is 6.58. The Morgan fingerprint density at radius 2 is 0.873 bits per heavy atom. The maximum Gasteiger partial charge on any atom is 0.160 e. The summed E-state index contributed by atoms with van der Waals surface area (Å²) in [5, 5.41) is 2.20. The van der Waals surface area contributed by atoms with E-state index >= 15 is 0 Å². The first-order valence-corrected chi connectivity index (χ1v) is 18.4. The molecule has 0 saturated carbocycles. The standard InChI is InChI=1S/C51H33N3O/c1-3-14-34(15-4-1)36-18-11-19-37(28-36)40-30-41(43-23-13-24-45-44-22-7-8-26-49(44)55-50(43)45)32-42(31-40)48-33-47(53-51(54-48)35-16-5-2-6-17-35)39-21-12-20-38(29-39)46-25-9-10-27-52-46/h1-33H. The average Bonchev–Trinajstić information content (AvgIpc) is 3.66. The highest BCUT2D eigenvalue weighted by Gasteiger charge is 2.17. The normalized spacial score (nSPS) is 11.3. The lowest BCUT2D eigenvalue weighted by molar-refractivity contribution is 0.670. The zero-order valence-electron chi connectivity index (χ0n) is 29.8. The Kier molecular flexibility index (Phi) is 8.12. The van der Waals surface area contributed by atoms with Gasteiger partial charge in [-0.15, -0.1) is 0 Å². The van der Waals surface area contributed by atoms with E-state index in [0.717, 1.165) is 89.1 Å². The highest BCUT2D eigenvalue weighted by molar-refractivity contribution is 6.09. The van der Waals surface area contributed by atoms with Crippen LogP contribution >= 0.6 is 0 Å². The molecular weight excluding hydrogens is 671 g/mol. The number of rotatable bonds is 7. The molecule has 0 N–H and O–H groups in total. The van der Waals surface area contributed by atoms with E-state index in [1.165, 1.54) is 5.56 Å². The molecule has 0 saturated heterocycles. The fourth-order valence-electron chi connectivity index (χ4n) is 7.41. The molecule has 258 valence electrons. The molecule has 0 aliphatic rings. The second kappa shape index (κ2) is 13.8. The van der Waals surface area contributed by atoms with Gasteiger partial charge < -0.3 is 4.42 Å². The van der Waals surface area contributed by atoms with Gasteiger partial charge in [0.05, 0.1) is 17.1 Å². The predicted molar refractivity (Wildman–Crippen MR) is 225 cm³/mol. The van der Waals surface area contributed by atoms with Crippen molar-refractivity contribution < 1.29 is 4.42 Å². The monoisotopic (exact) mass is 703 g/mol. The first kappa shape index (κ1) is 32.2. The van der Waals surface area contributed by atoms with Gasteiger partial charge in [0.15, 0.2) is 5.82 Å². The number of furan rings is 1. The third kappa shape index (κ3) is 6.26. The number of nitrogens with zero attached hydrogens (tertiary/aromatic N) is 3. The lowest BCUT2D eigenvalue weighted by Gasteiger charge is -2.14. The first-order valence-electron chi connectivity index (χ1n) is 18.4. The molecule has 0 atom stereocenters. The molecule has 0 aliphatic carbocycles. The van der Waals surface area contributed by atoms with E-state index < -0.39 is 0 Å². The van der Waals surface area contributed by atoms with Crippen molar-refractivity contribution in [2.45, 2.75) is 0 Å². The molecule has 0 bridgehead atoms. The molecule has 10 rings (SSSR count). The highest BCUT2D eigenvalue weighted by atomic mass is 16.3. The van der Waals surface area contributed by atoms with Crippen LogP contribution in [0, 0.1) is 0 Å². The molecule has 10 aromatic rings. The van der Waals surface area contributed by atoms with Crippen LogP contribution in [0.2, 0.25) is 0 Å². The van der Waals surface area contributed by atoms with Gasteiger partial charge in [0.2, 0.25) is 0 Å². The van der Waals surface area contributed by atoms with Crippen LogP contribution in [0.3, 0.4) is 0 Å². The van der Waals surface area contributed by atoms with Crippen LogP contribution in [-0.4, -0.2) is 15.0 Å². The van der Waals surface area contributed by atoms with Crippen molar-refractivity contribution in [1.29, 1.82) is 0 Å². The van der Waals surface area contributed by atoms with E-state index in [4.69, 9.17) is 14.4 Å². The Hall–Kier alpha value is -7.43. The van der Waals surface area contributed by atoms with Gasteiger partial charge in [0.1, 0.15) is 11.2 Å². The topological polar surface area (TPSA) is 51.8 Å². The molecule has 0 aliphatic heterocycles. The summed E-state index contributed by atoms with van der Waals surface area (Å²) in [7, 11) is 0. The largest absolute Gasteiger partial charge is 0.455 e. The van der Waals surface area contributed by atoms with E-state index in [1.54, 1.807) is 0 Å². The fourth-order valence-corrected chi connectivity index (χ4v) is 7.41. The molecule has 4 nitrogen and oxygen atoms in total. The number of hydrogen-bond donors (Lipinski definition) is 0. The van der Waals surface area contributed by atoms with Gasteiger partial charge in [-0.25, -0.2) is 9.97 Å². The van der Waals surface area contributed by atoms with Crippen LogP contribution in [0.25, 0.3) is 100 Å². The van der Waals surface area contributed by atoms with Gasteiger partial charge in [-0.05, 0) is 82.4 Å². The lowest BCUT2D eigenvalue weighted by Crippen LogP contribution is -1.97. The van der Waals surface area contributed by atoms with Crippen LogP contribution in [0.15, 0.2) is 205 Å². The zero-order chi connectivity index (χ0) is 36.6. The summed E-state index contributed by atoms with van der Waals surface area (Å²) in [6, 6.07) is 67.4. The molecule has 7 aromatic carbocycles. The van der Waals surface area contributed by atoms with Crippen molar-refractivity contribution in [2.24, 2.45) is 0 Å². The third-order valence-electron chi connectivity index (χ3n) is 10.1. The Bertz CT molecular complexity index is 2970. The quantitative estimate of drug-likeness (QED) is 0.166. The van der Waals surface area contributed by atoms with Gasteiger partial charge in [-0.3, -0.25) is 4.98 Å². The second-order valence-corrected chi connectivity index (χ2v) is 13.7. The zero-order valence-corrected chi connectivity index (χ0v) is 29.8. The van der Waals surface area contributed by atoms with Crippen molar-refractivity contribution in [3.05, 3.63) is 200 Å². The number of benzene rings is 7. The minimum atomic E-state index is 0.661. The molecule has 55 heavy (non-hydrogen) atoms. The van der Waals surface area contributed by atoms with Gasteiger partial charge in [-0.1, -0.05) is 140 Å². The molecule has 3 heterocycles. The molecule has 0 fully saturated rings. The smallest absolute Gasteiger partial charge is 0.160 e. The maximum absolute atomic E-state index is 6.58. The predicted octanol–water partition coefficient (Wildman–Crippen LogP) is 13.4. The molecule has 0 radical (unpaired) electrons. The van der Waals surface area contributed by atoms with Gasteiger partial charge in [0, 0.05) is 44.8 Å². The summed E-state index contributed by atoms with van der Waals surface area (Å²) in [6.45, 7) is 0. The van der Waals surface area contributed by atoms with E-state index in [9.17, 15) is 0 Å². The molecule has 0 unspecified atom stereocenters. The summed E-state index contributed by atoms with van der Waals surface area (Å²) in [5.74, 6) is 0.661. The lowest BCUT2D eigenvalue weighted by atomic mass is 9.92. The minimum Gasteiger partial charge on any atom is -0.455 e. The molecular formula is C51H33N3O. The van der Waals surface area contributed by atoms with Crippen molar-refractivity contribution in [1.82, 2.24) is 15.0 Å². The molecule has 4 heteroatoms. The number of hydrogen-bond acceptors (Lipinski definition) is 4. The van der Waals surface area contributed by atoms with Gasteiger partial charge >= 0.3 is 0 Å². The highest BCUT2D eigenvalue weighted by Crippen LogP contribution is 2.40. The van der Waals surface area contributed by atoms with Crippen LogP contribution in [0.1, 0.15) is 0 Å². The van der Waals surface area contributed by atoms with Crippen molar-refractivity contribution in [3.8, 4) is 78.5 Å². The Morgan fingerprint density at radius 3 is 1.65 bits per heavy atom. The average molecular weight is 704 g/mol. The van der Waals surface area contributed by atoms with Crippen LogP contribution in [0.4, 0.5) is 0 Å². The van der Waals surface area contributed by atoms with Crippen LogP contribution in [-0.2, 0) is 0 Å². The van der Waals surface area contributed by atoms with E-state index in [2.05, 4.69) is 151 Å². The van der Waals surface area contributed by atoms with Crippen molar-refractivity contribution >= 4 is 21.9 Å². The summed E-state index contributed by atoms with van der Waals surface area (Å²) in [6.07, 6.45) is 1.82. The van der Waals surface area contributed by atoms with E-state index in [1.807, 2.05) is 54.7 Å². The number of aromatic nitrogens is 3. The number of para-hydroxylation sites is 2. The Labute approximate surface area is 319 Å². The number of fused-ring (bicyclic) bond motifs is 3. The van der Waals surface area contributed by atoms with Gasteiger partial charge in [0.25, 0.3) is 0 Å². The summed E-state index contributed by atoms with van der Waals surface area (Å²) in [5.41, 5.74) is 14.9. The van der Waals surface area contributed by atoms with Crippen LogP contribution in [0.5, 0.6) is 0 Å². The van der Waals surface area contributed by atoms with Crippen molar-refractivity contribution in [2.75, 3.05) is 0 Å². The number of pyridine rings is 1. The summed E-state index contributed by atoms with van der Waals surface area (Å²) >= 11 is 0. The first-order chi connectivity index (χ1) is 27.2. The van der Waals surface area contributed by atoms with E-state index in [-0.39, 0.29) is 0 Å². The second-order valence-electron chi connectivity index (χ2n) is 13.7. The van der Waals surface area contributed by atoms with Gasteiger partial charge in [-0.2, -0.15) is 0 Å². The van der Waals surface area contributed by atoms with E-state index in [0.29, 0.717) is 5.82 Å². The Morgan fingerprint density at radius 1 is 0.327 bits per heavy atom. The molecule has 3 aromatic heterocycles. The van der Waals surface area contributed by atoms with Crippen LogP contribution < -0.4 is 0 Å². The van der Waals surface area contributed by atoms with Crippen molar-refractivity contribution in [3.63, 3.8) is 0 Å².